The average Bonchev–Trinajstić information content (AvgIpc) is 3.21. The van der Waals surface area contributed by atoms with Crippen molar-refractivity contribution in [1.29, 1.82) is 0 Å². The zero-order valence-electron chi connectivity index (χ0n) is 17.3. The van der Waals surface area contributed by atoms with Crippen LogP contribution in [0.3, 0.4) is 0 Å². The molecule has 0 atom stereocenters. The van der Waals surface area contributed by atoms with Gasteiger partial charge in [-0.1, -0.05) is 35.3 Å². The Kier molecular flexibility index (Phi) is 11.6. The van der Waals surface area contributed by atoms with Gasteiger partial charge in [0, 0.05) is 57.1 Å². The third-order valence-corrected chi connectivity index (χ3v) is 4.38. The van der Waals surface area contributed by atoms with Gasteiger partial charge >= 0.3 is 6.18 Å². The van der Waals surface area contributed by atoms with Crippen LogP contribution in [0.25, 0.3) is 11.2 Å². The first kappa shape index (κ1) is 29.9. The molecule has 0 saturated heterocycles. The van der Waals surface area contributed by atoms with E-state index in [2.05, 4.69) is 20.8 Å². The van der Waals surface area contributed by atoms with Crippen molar-refractivity contribution in [2.24, 2.45) is 5.84 Å². The molecule has 0 spiro atoms. The van der Waals surface area contributed by atoms with E-state index in [4.69, 9.17) is 34.2 Å². The topological polar surface area (TPSA) is 137 Å². The fraction of sp³-hybridized carbons (Fsp3) is 0.158. The number of para-hydroxylation sites is 1. The Morgan fingerprint density at radius 1 is 1.21 bits per heavy atom. The molecule has 9 nitrogen and oxygen atoms in total. The van der Waals surface area contributed by atoms with Crippen LogP contribution in [0.4, 0.5) is 18.9 Å². The molecule has 179 valence electrons. The summed E-state index contributed by atoms with van der Waals surface area (Å²) in [6.45, 7) is 1.93. The molecule has 3 aromatic rings. The molecule has 0 aliphatic heterocycles. The standard InChI is InChI=1S/C17H11Cl2F3N6O2.C2H6O.Y/c18-9-4-1-3-8(15(29)26-23)13(9)25-16(30)11-7-12(17(20,21)22)27-28(11)14-10(19)5-2-6-24-14;1-2-3;/h1-7H,(H4,23,25,26,27,29,30);3H,2H2,1H3;/p-1. The van der Waals surface area contributed by atoms with Crippen LogP contribution >= 0.6 is 23.2 Å². The summed E-state index contributed by atoms with van der Waals surface area (Å²) in [5.74, 6) is 2.83. The molecular weight excluding hydrogens is 577 g/mol. The first-order valence-electron chi connectivity index (χ1n) is 8.99. The predicted octanol–water partition coefficient (Wildman–Crippen LogP) is 4.23. The van der Waals surface area contributed by atoms with Gasteiger partial charge < -0.3 is 26.5 Å². The van der Waals surface area contributed by atoms with Gasteiger partial charge in [-0.3, -0.25) is 4.79 Å². The van der Waals surface area contributed by atoms with Gasteiger partial charge in [0.2, 0.25) is 0 Å². The van der Waals surface area contributed by atoms with Crippen LogP contribution in [-0.4, -0.2) is 38.3 Å². The van der Waals surface area contributed by atoms with Gasteiger partial charge in [0.15, 0.2) is 11.5 Å². The maximum atomic E-state index is 13.2. The number of nitrogens with two attached hydrogens (primary N) is 1. The van der Waals surface area contributed by atoms with Gasteiger partial charge in [0.25, 0.3) is 5.91 Å². The summed E-state index contributed by atoms with van der Waals surface area (Å²) in [5.41, 5.74) is 0.776. The number of alkyl halides is 3. The summed E-state index contributed by atoms with van der Waals surface area (Å²) in [7, 11) is 0. The van der Waals surface area contributed by atoms with Crippen molar-refractivity contribution in [2.75, 3.05) is 11.9 Å². The zero-order chi connectivity index (χ0) is 24.8. The number of anilines is 1. The number of benzene rings is 1. The number of aliphatic hydroxyl groups excluding tert-OH is 1. The van der Waals surface area contributed by atoms with Gasteiger partial charge in [-0.2, -0.15) is 18.3 Å². The Hall–Kier alpha value is -2.09. The Morgan fingerprint density at radius 3 is 2.38 bits per heavy atom. The van der Waals surface area contributed by atoms with E-state index in [0.717, 1.165) is 0 Å². The third kappa shape index (κ3) is 7.21. The number of nitrogens with zero attached hydrogens (tertiary/aromatic N) is 4. The van der Waals surface area contributed by atoms with E-state index in [1.54, 1.807) is 6.92 Å². The number of halogens is 5. The van der Waals surface area contributed by atoms with E-state index < -0.39 is 29.4 Å². The predicted molar refractivity (Wildman–Crippen MR) is 115 cm³/mol. The second-order valence-corrected chi connectivity index (χ2v) is 6.81. The van der Waals surface area contributed by atoms with E-state index in [1.807, 2.05) is 0 Å². The molecule has 4 N–H and O–H groups in total. The van der Waals surface area contributed by atoms with Crippen molar-refractivity contribution in [3.8, 4) is 5.82 Å². The monoisotopic (exact) mass is 592 g/mol. The van der Waals surface area contributed by atoms with E-state index in [-0.39, 0.29) is 66.4 Å². The molecule has 34 heavy (non-hydrogen) atoms. The van der Waals surface area contributed by atoms with E-state index in [9.17, 15) is 22.8 Å². The first-order chi connectivity index (χ1) is 15.5. The molecular formula is C19H16Cl2F3N6O3Y-. The molecule has 0 saturated carbocycles. The van der Waals surface area contributed by atoms with E-state index in [0.29, 0.717) is 10.7 Å². The van der Waals surface area contributed by atoms with Crippen molar-refractivity contribution in [1.82, 2.24) is 14.8 Å². The smallest absolute Gasteiger partial charge is 0.435 e. The van der Waals surface area contributed by atoms with Crippen LogP contribution < -0.4 is 11.2 Å². The van der Waals surface area contributed by atoms with Gasteiger partial charge in [0.1, 0.15) is 5.69 Å². The van der Waals surface area contributed by atoms with Crippen LogP contribution in [0, 0.1) is 0 Å². The van der Waals surface area contributed by atoms with E-state index in [1.165, 1.54) is 36.5 Å². The van der Waals surface area contributed by atoms with Crippen LogP contribution in [0.2, 0.25) is 10.0 Å². The van der Waals surface area contributed by atoms with Crippen molar-refractivity contribution < 1.29 is 60.6 Å². The Bertz CT molecular complexity index is 1160. The molecule has 2 amide bonds. The molecule has 0 bridgehead atoms. The molecule has 1 aromatic carbocycles. The van der Waals surface area contributed by atoms with Crippen molar-refractivity contribution in [3.63, 3.8) is 0 Å². The number of aliphatic hydroxyl groups is 1. The van der Waals surface area contributed by atoms with Gasteiger partial charge in [0.05, 0.1) is 21.6 Å². The minimum absolute atomic E-state index is 0. The van der Waals surface area contributed by atoms with Crippen molar-refractivity contribution in [3.05, 3.63) is 75.0 Å². The molecule has 3 rings (SSSR count). The number of amides is 2. The number of carbonyl (C=O) groups excluding carboxylic acids is 2. The Balaban J connectivity index is 0.00000137. The molecule has 0 unspecified atom stereocenters. The molecule has 2 heterocycles. The molecule has 0 aliphatic carbocycles. The van der Waals surface area contributed by atoms with Crippen LogP contribution in [0.1, 0.15) is 33.5 Å². The van der Waals surface area contributed by atoms with Gasteiger partial charge in [-0.25, -0.2) is 9.67 Å². The number of rotatable bonds is 4. The summed E-state index contributed by atoms with van der Waals surface area (Å²) >= 11 is 12.0. The Morgan fingerprint density at radius 2 is 1.82 bits per heavy atom. The molecule has 1 radical (unpaired) electrons. The van der Waals surface area contributed by atoms with Crippen LogP contribution in [-0.2, 0) is 38.9 Å². The summed E-state index contributed by atoms with van der Waals surface area (Å²) in [6, 6.07) is 7.40. The number of nitrogens with one attached hydrogen (secondary N) is 1. The second kappa shape index (κ2) is 13.1. The molecule has 0 aliphatic rings. The van der Waals surface area contributed by atoms with Crippen LogP contribution in [0.15, 0.2) is 42.6 Å². The number of carbonyl (C=O) groups is 2. The second-order valence-electron chi connectivity index (χ2n) is 6.00. The summed E-state index contributed by atoms with van der Waals surface area (Å²) < 4.78 is 40.3. The number of hydrogen-bond donors (Lipinski definition) is 3. The molecule has 15 heteroatoms. The maximum Gasteiger partial charge on any atom is 0.435 e. The zero-order valence-corrected chi connectivity index (χ0v) is 21.7. The largest absolute Gasteiger partial charge is 0.590 e. The number of aromatic nitrogens is 3. The minimum Gasteiger partial charge on any atom is -0.590 e. The van der Waals surface area contributed by atoms with Gasteiger partial charge in [-0.05, 0) is 25.1 Å². The fourth-order valence-corrected chi connectivity index (χ4v) is 2.88. The normalized spacial score (nSPS) is 10.5. The summed E-state index contributed by atoms with van der Waals surface area (Å²) in [5, 5.41) is 13.2. The van der Waals surface area contributed by atoms with Crippen molar-refractivity contribution in [2.45, 2.75) is 13.1 Å². The van der Waals surface area contributed by atoms with Crippen LogP contribution in [0.5, 0.6) is 0 Å². The van der Waals surface area contributed by atoms with Crippen molar-refractivity contribution >= 4 is 40.7 Å². The average molecular weight is 593 g/mol. The van der Waals surface area contributed by atoms with E-state index >= 15 is 0 Å². The Labute approximate surface area is 226 Å². The quantitative estimate of drug-likeness (QED) is 0.235. The fourth-order valence-electron chi connectivity index (χ4n) is 2.45. The summed E-state index contributed by atoms with van der Waals surface area (Å²) in [4.78, 5) is 28.6. The summed E-state index contributed by atoms with van der Waals surface area (Å²) in [6.07, 6.45) is -3.57. The van der Waals surface area contributed by atoms with Gasteiger partial charge in [-0.15, -0.1) is 0 Å². The SMILES string of the molecule is CCO.N[N-]C(=O)c1cccc(Cl)c1NC(=O)c1cc(C(F)(F)F)nn1-c1ncccc1Cl.[Y]. The maximum absolute atomic E-state index is 13.2. The minimum atomic E-state index is -4.84. The number of hydrogen-bond acceptors (Lipinski definition) is 6. The molecule has 2 aromatic heterocycles. The first-order valence-corrected chi connectivity index (χ1v) is 9.74. The third-order valence-electron chi connectivity index (χ3n) is 3.77. The molecule has 0 fully saturated rings. The number of pyridine rings is 1.